The first kappa shape index (κ1) is 13.7. The molecule has 0 spiro atoms. The first-order valence-electron chi connectivity index (χ1n) is 5.46. The van der Waals surface area contributed by atoms with Crippen molar-refractivity contribution in [1.29, 1.82) is 0 Å². The van der Waals surface area contributed by atoms with Crippen molar-refractivity contribution >= 4 is 17.4 Å². The summed E-state index contributed by atoms with van der Waals surface area (Å²) in [5, 5.41) is 0.645. The Hall–Kier alpha value is -1.69. The van der Waals surface area contributed by atoms with Gasteiger partial charge < -0.3 is 5.73 Å². The fourth-order valence-corrected chi connectivity index (χ4v) is 2.40. The Morgan fingerprint density at radius 3 is 2.47 bits per heavy atom. The summed E-state index contributed by atoms with van der Waals surface area (Å²) in [7, 11) is 0. The van der Waals surface area contributed by atoms with Crippen LogP contribution in [0.25, 0.3) is 0 Å². The van der Waals surface area contributed by atoms with E-state index >= 15 is 0 Å². The number of thioether (sulfide) groups is 1. The van der Waals surface area contributed by atoms with Crippen molar-refractivity contribution in [1.82, 2.24) is 4.98 Å². The highest BCUT2D eigenvalue weighted by atomic mass is 32.2. The smallest absolute Gasteiger partial charge is 0.397 e. The molecule has 6 heteroatoms. The van der Waals surface area contributed by atoms with E-state index in [-0.39, 0.29) is 11.3 Å². The fourth-order valence-electron chi connectivity index (χ4n) is 1.55. The standard InChI is InChI=1S/C13H11F3N2S/c14-13(15,16)11-4-2-1-3-9(11)8-19-12-6-5-10(17)7-18-12/h1-7H,8,17H2. The van der Waals surface area contributed by atoms with Gasteiger partial charge in [0.15, 0.2) is 0 Å². The van der Waals surface area contributed by atoms with Crippen LogP contribution in [0.1, 0.15) is 11.1 Å². The molecule has 0 unspecified atom stereocenters. The molecule has 0 saturated heterocycles. The highest BCUT2D eigenvalue weighted by molar-refractivity contribution is 7.98. The first-order valence-corrected chi connectivity index (χ1v) is 6.45. The quantitative estimate of drug-likeness (QED) is 0.867. The average Bonchev–Trinajstić information content (AvgIpc) is 2.37. The molecule has 2 aromatic rings. The largest absolute Gasteiger partial charge is 0.416 e. The van der Waals surface area contributed by atoms with Crippen molar-refractivity contribution in [3.63, 3.8) is 0 Å². The zero-order valence-corrected chi connectivity index (χ0v) is 10.6. The minimum atomic E-state index is -4.33. The summed E-state index contributed by atoms with van der Waals surface area (Å²) >= 11 is 1.25. The molecule has 0 saturated carbocycles. The molecule has 0 aliphatic carbocycles. The number of hydrogen-bond donors (Lipinski definition) is 1. The fraction of sp³-hybridized carbons (Fsp3) is 0.154. The van der Waals surface area contributed by atoms with Crippen LogP contribution in [0.3, 0.4) is 0 Å². The van der Waals surface area contributed by atoms with Gasteiger partial charge in [0.1, 0.15) is 0 Å². The van der Waals surface area contributed by atoms with Crippen molar-refractivity contribution in [3.05, 3.63) is 53.7 Å². The second-order valence-corrected chi connectivity index (χ2v) is 4.87. The minimum Gasteiger partial charge on any atom is -0.397 e. The number of aromatic nitrogens is 1. The van der Waals surface area contributed by atoms with Gasteiger partial charge in [-0.1, -0.05) is 18.2 Å². The highest BCUT2D eigenvalue weighted by Gasteiger charge is 2.32. The monoisotopic (exact) mass is 284 g/mol. The van der Waals surface area contributed by atoms with Gasteiger partial charge in [-0.05, 0) is 23.8 Å². The van der Waals surface area contributed by atoms with E-state index in [1.54, 1.807) is 18.2 Å². The number of rotatable bonds is 3. The van der Waals surface area contributed by atoms with Crippen molar-refractivity contribution in [3.8, 4) is 0 Å². The lowest BCUT2D eigenvalue weighted by atomic mass is 10.1. The molecule has 2 rings (SSSR count). The summed E-state index contributed by atoms with van der Waals surface area (Å²) in [5.41, 5.74) is 5.67. The lowest BCUT2D eigenvalue weighted by Crippen LogP contribution is -2.08. The summed E-state index contributed by atoms with van der Waals surface area (Å²) < 4.78 is 38.4. The number of nitrogens with zero attached hydrogens (tertiary/aromatic N) is 1. The van der Waals surface area contributed by atoms with Gasteiger partial charge in [-0.15, -0.1) is 11.8 Å². The zero-order chi connectivity index (χ0) is 13.9. The molecule has 0 fully saturated rings. The molecule has 1 heterocycles. The van der Waals surface area contributed by atoms with Crippen LogP contribution in [0.15, 0.2) is 47.6 Å². The summed E-state index contributed by atoms with van der Waals surface area (Å²) in [4.78, 5) is 4.04. The first-order chi connectivity index (χ1) is 8.97. The maximum absolute atomic E-state index is 12.8. The predicted molar refractivity (Wildman–Crippen MR) is 69.7 cm³/mol. The van der Waals surface area contributed by atoms with Crippen LogP contribution in [-0.4, -0.2) is 4.98 Å². The molecule has 0 bridgehead atoms. The van der Waals surface area contributed by atoms with Crippen LogP contribution in [0.5, 0.6) is 0 Å². The van der Waals surface area contributed by atoms with Crippen molar-refractivity contribution < 1.29 is 13.2 Å². The second kappa shape index (κ2) is 5.52. The van der Waals surface area contributed by atoms with E-state index in [1.165, 1.54) is 30.1 Å². The van der Waals surface area contributed by atoms with Crippen LogP contribution >= 0.6 is 11.8 Å². The Balaban J connectivity index is 2.14. The SMILES string of the molecule is Nc1ccc(SCc2ccccc2C(F)(F)F)nc1. The van der Waals surface area contributed by atoms with E-state index in [0.717, 1.165) is 6.07 Å². The molecule has 1 aromatic heterocycles. The third kappa shape index (κ3) is 3.64. The van der Waals surface area contributed by atoms with Crippen molar-refractivity contribution in [2.24, 2.45) is 0 Å². The molecular formula is C13H11F3N2S. The maximum Gasteiger partial charge on any atom is 0.416 e. The lowest BCUT2D eigenvalue weighted by Gasteiger charge is -2.12. The van der Waals surface area contributed by atoms with Gasteiger partial charge in [0.05, 0.1) is 22.5 Å². The Morgan fingerprint density at radius 2 is 1.84 bits per heavy atom. The van der Waals surface area contributed by atoms with E-state index < -0.39 is 11.7 Å². The van der Waals surface area contributed by atoms with Crippen LogP contribution in [0.4, 0.5) is 18.9 Å². The number of anilines is 1. The molecule has 19 heavy (non-hydrogen) atoms. The zero-order valence-electron chi connectivity index (χ0n) is 9.82. The van der Waals surface area contributed by atoms with Gasteiger partial charge in [0, 0.05) is 5.75 Å². The molecule has 0 aliphatic rings. The normalized spacial score (nSPS) is 11.5. The molecular weight excluding hydrogens is 273 g/mol. The number of pyridine rings is 1. The average molecular weight is 284 g/mol. The van der Waals surface area contributed by atoms with E-state index in [9.17, 15) is 13.2 Å². The van der Waals surface area contributed by atoms with Crippen molar-refractivity contribution in [2.75, 3.05) is 5.73 Å². The van der Waals surface area contributed by atoms with Crippen LogP contribution < -0.4 is 5.73 Å². The van der Waals surface area contributed by atoms with E-state index in [4.69, 9.17) is 5.73 Å². The Morgan fingerprint density at radius 1 is 1.11 bits per heavy atom. The second-order valence-electron chi connectivity index (χ2n) is 3.87. The molecule has 100 valence electrons. The van der Waals surface area contributed by atoms with Gasteiger partial charge in [0.25, 0.3) is 0 Å². The third-order valence-electron chi connectivity index (χ3n) is 2.46. The number of alkyl halides is 3. The van der Waals surface area contributed by atoms with E-state index in [1.807, 2.05) is 0 Å². The topological polar surface area (TPSA) is 38.9 Å². The number of nitrogen functional groups attached to an aromatic ring is 1. The molecule has 1 aromatic carbocycles. The Kier molecular flexibility index (Phi) is 3.99. The number of halogens is 3. The highest BCUT2D eigenvalue weighted by Crippen LogP contribution is 2.34. The van der Waals surface area contributed by atoms with Crippen LogP contribution in [-0.2, 0) is 11.9 Å². The van der Waals surface area contributed by atoms with Gasteiger partial charge in [-0.3, -0.25) is 0 Å². The minimum absolute atomic E-state index is 0.215. The molecule has 2 nitrogen and oxygen atoms in total. The van der Waals surface area contributed by atoms with Gasteiger partial charge >= 0.3 is 6.18 Å². The maximum atomic E-state index is 12.8. The molecule has 0 aliphatic heterocycles. The number of benzene rings is 1. The summed E-state index contributed by atoms with van der Waals surface area (Å²) in [5.74, 6) is 0.215. The van der Waals surface area contributed by atoms with Crippen LogP contribution in [0, 0.1) is 0 Å². The summed E-state index contributed by atoms with van der Waals surface area (Å²) in [6, 6.07) is 8.92. The van der Waals surface area contributed by atoms with E-state index in [0.29, 0.717) is 10.7 Å². The Labute approximate surface area is 112 Å². The molecule has 0 atom stereocenters. The van der Waals surface area contributed by atoms with E-state index in [2.05, 4.69) is 4.98 Å². The molecule has 2 N–H and O–H groups in total. The van der Waals surface area contributed by atoms with Gasteiger partial charge in [0.2, 0.25) is 0 Å². The van der Waals surface area contributed by atoms with Crippen molar-refractivity contribution in [2.45, 2.75) is 17.0 Å². The van der Waals surface area contributed by atoms with Gasteiger partial charge in [-0.25, -0.2) is 4.98 Å². The third-order valence-corrected chi connectivity index (χ3v) is 3.45. The Bertz CT molecular complexity index is 553. The summed E-state index contributed by atoms with van der Waals surface area (Å²) in [6.07, 6.45) is -2.84. The number of hydrogen-bond acceptors (Lipinski definition) is 3. The predicted octanol–water partition coefficient (Wildman–Crippen LogP) is 3.97. The molecule has 0 amide bonds. The lowest BCUT2D eigenvalue weighted by molar-refractivity contribution is -0.138. The molecule has 0 radical (unpaired) electrons. The van der Waals surface area contributed by atoms with Gasteiger partial charge in [-0.2, -0.15) is 13.2 Å². The number of nitrogens with two attached hydrogens (primary N) is 1. The van der Waals surface area contributed by atoms with Crippen LogP contribution in [0.2, 0.25) is 0 Å². The summed E-state index contributed by atoms with van der Waals surface area (Å²) in [6.45, 7) is 0.